The maximum Gasteiger partial charge on any atom is 0.0218 e. The number of nitrogens with zero attached hydrogens (tertiary/aromatic N) is 1. The minimum atomic E-state index is 0.527. The maximum atomic E-state index is 3.59. The van der Waals surface area contributed by atoms with Gasteiger partial charge in [-0.3, -0.25) is 4.90 Å². The molecule has 0 saturated carbocycles. The van der Waals surface area contributed by atoms with Crippen LogP contribution in [0.2, 0.25) is 0 Å². The number of nitrogens with one attached hydrogen (secondary N) is 1. The minimum absolute atomic E-state index is 0.527. The van der Waals surface area contributed by atoms with E-state index in [0.29, 0.717) is 17.5 Å². The molecule has 2 unspecified atom stereocenters. The van der Waals surface area contributed by atoms with E-state index in [1.165, 1.54) is 25.9 Å². The lowest BCUT2D eigenvalue weighted by Gasteiger charge is -2.31. The minimum Gasteiger partial charge on any atom is -0.313 e. The second-order valence-electron chi connectivity index (χ2n) is 5.87. The second-order valence-corrected chi connectivity index (χ2v) is 5.87. The monoisotopic (exact) mass is 212 g/mol. The van der Waals surface area contributed by atoms with Crippen molar-refractivity contribution in [2.24, 2.45) is 5.41 Å². The van der Waals surface area contributed by atoms with Gasteiger partial charge in [0.1, 0.15) is 0 Å². The molecular weight excluding hydrogens is 184 g/mol. The van der Waals surface area contributed by atoms with E-state index in [0.717, 1.165) is 6.54 Å². The van der Waals surface area contributed by atoms with E-state index in [-0.39, 0.29) is 0 Å². The van der Waals surface area contributed by atoms with E-state index >= 15 is 0 Å². The quantitative estimate of drug-likeness (QED) is 0.753. The van der Waals surface area contributed by atoms with Gasteiger partial charge < -0.3 is 5.32 Å². The lowest BCUT2D eigenvalue weighted by molar-refractivity contribution is 0.194. The highest BCUT2D eigenvalue weighted by Crippen LogP contribution is 2.30. The van der Waals surface area contributed by atoms with Gasteiger partial charge in [0.15, 0.2) is 0 Å². The molecular formula is C13H28N2. The third-order valence-corrected chi connectivity index (χ3v) is 3.72. The molecule has 90 valence electrons. The second kappa shape index (κ2) is 5.31. The zero-order chi connectivity index (χ0) is 11.5. The van der Waals surface area contributed by atoms with E-state index in [9.17, 15) is 0 Å². The molecule has 1 N–H and O–H groups in total. The fourth-order valence-electron chi connectivity index (χ4n) is 2.36. The van der Waals surface area contributed by atoms with Crippen molar-refractivity contribution in [3.05, 3.63) is 0 Å². The normalized spacial score (nSPS) is 25.4. The van der Waals surface area contributed by atoms with Crippen molar-refractivity contribution >= 4 is 0 Å². The van der Waals surface area contributed by atoms with Gasteiger partial charge in [-0.15, -0.1) is 0 Å². The number of hydrogen-bond acceptors (Lipinski definition) is 2. The molecule has 0 aromatic heterocycles. The molecule has 1 aliphatic heterocycles. The van der Waals surface area contributed by atoms with Crippen molar-refractivity contribution in [2.45, 2.75) is 59.5 Å². The third-order valence-electron chi connectivity index (χ3n) is 3.72. The Bertz CT molecular complexity index is 189. The molecule has 0 aliphatic carbocycles. The van der Waals surface area contributed by atoms with E-state index < -0.39 is 0 Å². The van der Waals surface area contributed by atoms with Gasteiger partial charge in [0.25, 0.3) is 0 Å². The van der Waals surface area contributed by atoms with Crippen LogP contribution in [0.1, 0.15) is 47.5 Å². The predicted octanol–water partition coefficient (Wildman–Crippen LogP) is 2.49. The molecule has 1 heterocycles. The standard InChI is InChI=1S/C13H28N2/c1-6-8-14-11(2)12(3)15-9-7-13(4,5)10-15/h11-12,14H,6-10H2,1-5H3. The smallest absolute Gasteiger partial charge is 0.0218 e. The van der Waals surface area contributed by atoms with E-state index in [4.69, 9.17) is 0 Å². The molecule has 0 bridgehead atoms. The largest absolute Gasteiger partial charge is 0.313 e. The zero-order valence-electron chi connectivity index (χ0n) is 11.1. The predicted molar refractivity (Wildman–Crippen MR) is 67.2 cm³/mol. The van der Waals surface area contributed by atoms with Gasteiger partial charge in [-0.25, -0.2) is 0 Å². The highest BCUT2D eigenvalue weighted by Gasteiger charge is 2.33. The lowest BCUT2D eigenvalue weighted by Crippen LogP contribution is -2.46. The number of rotatable bonds is 5. The first-order valence-electron chi connectivity index (χ1n) is 6.44. The van der Waals surface area contributed by atoms with Crippen LogP contribution in [0.15, 0.2) is 0 Å². The Morgan fingerprint density at radius 1 is 1.33 bits per heavy atom. The average molecular weight is 212 g/mol. The van der Waals surface area contributed by atoms with Crippen LogP contribution < -0.4 is 5.32 Å². The highest BCUT2D eigenvalue weighted by atomic mass is 15.2. The van der Waals surface area contributed by atoms with Gasteiger partial charge in [0, 0.05) is 18.6 Å². The van der Waals surface area contributed by atoms with E-state index in [1.807, 2.05) is 0 Å². The Hall–Kier alpha value is -0.0800. The van der Waals surface area contributed by atoms with Crippen molar-refractivity contribution < 1.29 is 0 Å². The summed E-state index contributed by atoms with van der Waals surface area (Å²) in [7, 11) is 0. The van der Waals surface area contributed by atoms with Crippen LogP contribution in [0.4, 0.5) is 0 Å². The number of likely N-dealkylation sites (tertiary alicyclic amines) is 1. The summed E-state index contributed by atoms with van der Waals surface area (Å²) < 4.78 is 0. The molecule has 2 heteroatoms. The summed E-state index contributed by atoms with van der Waals surface area (Å²) in [6.45, 7) is 15.3. The Kier molecular flexibility index (Phi) is 4.60. The van der Waals surface area contributed by atoms with Crippen LogP contribution in [0, 0.1) is 5.41 Å². The van der Waals surface area contributed by atoms with Crippen molar-refractivity contribution in [3.63, 3.8) is 0 Å². The van der Waals surface area contributed by atoms with Crippen LogP contribution in [-0.4, -0.2) is 36.6 Å². The summed E-state index contributed by atoms with van der Waals surface area (Å²) >= 11 is 0. The van der Waals surface area contributed by atoms with E-state index in [1.54, 1.807) is 0 Å². The molecule has 2 atom stereocenters. The number of hydrogen-bond donors (Lipinski definition) is 1. The Morgan fingerprint density at radius 3 is 2.47 bits per heavy atom. The highest BCUT2D eigenvalue weighted by molar-refractivity contribution is 4.88. The molecule has 1 rings (SSSR count). The lowest BCUT2D eigenvalue weighted by atomic mass is 9.93. The van der Waals surface area contributed by atoms with Gasteiger partial charge in [0.2, 0.25) is 0 Å². The van der Waals surface area contributed by atoms with Gasteiger partial charge in [-0.05, 0) is 45.2 Å². The first-order chi connectivity index (χ1) is 6.96. The summed E-state index contributed by atoms with van der Waals surface area (Å²) in [5.74, 6) is 0. The van der Waals surface area contributed by atoms with Gasteiger partial charge in [0.05, 0.1) is 0 Å². The SMILES string of the molecule is CCCNC(C)C(C)N1CCC(C)(C)C1. The molecule has 0 amide bonds. The molecule has 15 heavy (non-hydrogen) atoms. The maximum absolute atomic E-state index is 3.59. The average Bonchev–Trinajstić information content (AvgIpc) is 2.54. The fourth-order valence-corrected chi connectivity index (χ4v) is 2.36. The molecule has 0 spiro atoms. The van der Waals surface area contributed by atoms with Crippen molar-refractivity contribution in [1.29, 1.82) is 0 Å². The van der Waals surface area contributed by atoms with Crippen LogP contribution >= 0.6 is 0 Å². The molecule has 1 aliphatic rings. The topological polar surface area (TPSA) is 15.3 Å². The Balaban J connectivity index is 2.37. The summed E-state index contributed by atoms with van der Waals surface area (Å²) in [5.41, 5.74) is 0.527. The summed E-state index contributed by atoms with van der Waals surface area (Å²) in [5, 5.41) is 3.59. The van der Waals surface area contributed by atoms with Crippen LogP contribution in [0.5, 0.6) is 0 Å². The van der Waals surface area contributed by atoms with Crippen molar-refractivity contribution in [3.8, 4) is 0 Å². The van der Waals surface area contributed by atoms with Gasteiger partial charge in [-0.2, -0.15) is 0 Å². The van der Waals surface area contributed by atoms with Crippen LogP contribution in [0.3, 0.4) is 0 Å². The molecule has 2 nitrogen and oxygen atoms in total. The van der Waals surface area contributed by atoms with Crippen molar-refractivity contribution in [1.82, 2.24) is 10.2 Å². The van der Waals surface area contributed by atoms with Crippen molar-refractivity contribution in [2.75, 3.05) is 19.6 Å². The summed E-state index contributed by atoms with van der Waals surface area (Å²) in [6, 6.07) is 1.28. The first kappa shape index (κ1) is 13.0. The molecule has 0 aromatic rings. The van der Waals surface area contributed by atoms with Crippen LogP contribution in [-0.2, 0) is 0 Å². The van der Waals surface area contributed by atoms with Gasteiger partial charge in [-0.1, -0.05) is 20.8 Å². The molecule has 0 aromatic carbocycles. The Labute approximate surface area is 95.4 Å². The summed E-state index contributed by atoms with van der Waals surface area (Å²) in [6.07, 6.45) is 2.57. The third kappa shape index (κ3) is 3.76. The molecule has 1 fully saturated rings. The van der Waals surface area contributed by atoms with Crippen LogP contribution in [0.25, 0.3) is 0 Å². The first-order valence-corrected chi connectivity index (χ1v) is 6.44. The zero-order valence-corrected chi connectivity index (χ0v) is 11.1. The Morgan fingerprint density at radius 2 is 2.00 bits per heavy atom. The van der Waals surface area contributed by atoms with Gasteiger partial charge >= 0.3 is 0 Å². The molecule has 1 saturated heterocycles. The molecule has 0 radical (unpaired) electrons. The fraction of sp³-hybridized carbons (Fsp3) is 1.00. The summed E-state index contributed by atoms with van der Waals surface area (Å²) in [4.78, 5) is 2.63. The van der Waals surface area contributed by atoms with E-state index in [2.05, 4.69) is 44.8 Å².